The Morgan fingerprint density at radius 2 is 1.70 bits per heavy atom. The number of ether oxygens (including phenoxy) is 2. The van der Waals surface area contributed by atoms with Crippen molar-refractivity contribution in [3.63, 3.8) is 0 Å². The molecule has 2 aromatic rings. The summed E-state index contributed by atoms with van der Waals surface area (Å²) in [5.74, 6) is -0.314. The number of allylic oxidation sites excluding steroid dienone is 2. The molecule has 7 heteroatoms. The molecule has 43 heavy (non-hydrogen) atoms. The summed E-state index contributed by atoms with van der Waals surface area (Å²) in [6.45, 7) is 13.0. The fourth-order valence-electron chi connectivity index (χ4n) is 9.53. The summed E-state index contributed by atoms with van der Waals surface area (Å²) in [7, 11) is 1.38. The first kappa shape index (κ1) is 29.5. The van der Waals surface area contributed by atoms with Crippen LogP contribution in [0, 0.1) is 35.0 Å². The van der Waals surface area contributed by atoms with Crippen LogP contribution in [0.25, 0.3) is 0 Å². The highest BCUT2D eigenvalue weighted by Crippen LogP contribution is 2.73. The van der Waals surface area contributed by atoms with Crippen molar-refractivity contribution in [1.29, 1.82) is 0 Å². The van der Waals surface area contributed by atoms with Gasteiger partial charge in [0.25, 0.3) is 0 Å². The maximum absolute atomic E-state index is 14.0. The number of esters is 1. The van der Waals surface area contributed by atoms with Crippen molar-refractivity contribution in [3.8, 4) is 23.0 Å². The molecular formula is C36H42O7. The summed E-state index contributed by atoms with van der Waals surface area (Å²) < 4.78 is 10.8. The second kappa shape index (κ2) is 9.44. The third-order valence-electron chi connectivity index (χ3n) is 12.3. The molecular weight excluding hydrogens is 544 g/mol. The number of Topliss-reactive ketones (excluding diaryl/α,β-unsaturated/α-hetero) is 1. The summed E-state index contributed by atoms with van der Waals surface area (Å²) in [5, 5.41) is 21.2. The molecule has 0 aromatic heterocycles. The Labute approximate surface area is 253 Å². The fourth-order valence-corrected chi connectivity index (χ4v) is 9.53. The molecule has 0 heterocycles. The number of phenols is 2. The van der Waals surface area contributed by atoms with Gasteiger partial charge in [0.05, 0.1) is 12.7 Å². The van der Waals surface area contributed by atoms with Crippen LogP contribution in [0.4, 0.5) is 0 Å². The highest BCUT2D eigenvalue weighted by Gasteiger charge is 2.66. The molecule has 0 bridgehead atoms. The number of phenolic OH excluding ortho intramolecular Hbond substituents is 2. The predicted molar refractivity (Wildman–Crippen MR) is 162 cm³/mol. The van der Waals surface area contributed by atoms with Crippen LogP contribution in [0.3, 0.4) is 0 Å². The zero-order valence-corrected chi connectivity index (χ0v) is 26.2. The molecule has 0 unspecified atom stereocenters. The van der Waals surface area contributed by atoms with E-state index in [4.69, 9.17) is 9.47 Å². The smallest absolute Gasteiger partial charge is 0.343 e. The molecule has 6 rings (SSSR count). The number of carbonyl (C=O) groups excluding carboxylic acids is 3. The molecule has 3 fully saturated rings. The van der Waals surface area contributed by atoms with Gasteiger partial charge in [-0.2, -0.15) is 0 Å². The molecule has 0 radical (unpaired) electrons. The van der Waals surface area contributed by atoms with Gasteiger partial charge in [-0.15, -0.1) is 0 Å². The van der Waals surface area contributed by atoms with Gasteiger partial charge in [0.15, 0.2) is 28.8 Å². The van der Waals surface area contributed by atoms with Crippen LogP contribution in [-0.4, -0.2) is 34.9 Å². The number of hydrogen-bond acceptors (Lipinski definition) is 7. The van der Waals surface area contributed by atoms with Gasteiger partial charge in [-0.05, 0) is 103 Å². The second-order valence-electron chi connectivity index (χ2n) is 14.5. The van der Waals surface area contributed by atoms with E-state index in [0.29, 0.717) is 29.2 Å². The van der Waals surface area contributed by atoms with Crippen molar-refractivity contribution in [1.82, 2.24) is 0 Å². The summed E-state index contributed by atoms with van der Waals surface area (Å²) >= 11 is 0. The lowest BCUT2D eigenvalue weighted by atomic mass is 9.35. The van der Waals surface area contributed by atoms with Gasteiger partial charge in [-0.3, -0.25) is 9.59 Å². The Bertz CT molecular complexity index is 1620. The average Bonchev–Trinajstić information content (AvgIpc) is 2.95. The Kier molecular flexibility index (Phi) is 6.47. The van der Waals surface area contributed by atoms with E-state index in [0.717, 1.165) is 43.2 Å². The lowest BCUT2D eigenvalue weighted by Gasteiger charge is -2.69. The lowest BCUT2D eigenvalue weighted by molar-refractivity contribution is -0.160. The monoisotopic (exact) mass is 586 g/mol. The first-order valence-corrected chi connectivity index (χ1v) is 15.4. The van der Waals surface area contributed by atoms with E-state index in [1.54, 1.807) is 13.0 Å². The second-order valence-corrected chi connectivity index (χ2v) is 14.5. The van der Waals surface area contributed by atoms with E-state index >= 15 is 0 Å². The first-order chi connectivity index (χ1) is 20.1. The Morgan fingerprint density at radius 3 is 2.40 bits per heavy atom. The first-order valence-electron chi connectivity index (χ1n) is 15.4. The number of hydrogen-bond donors (Lipinski definition) is 2. The average molecular weight is 587 g/mol. The van der Waals surface area contributed by atoms with Gasteiger partial charge in [-0.1, -0.05) is 34.6 Å². The molecule has 2 aromatic carbocycles. The number of ketones is 2. The Hall–Kier alpha value is -3.61. The molecule has 0 spiro atoms. The third-order valence-corrected chi connectivity index (χ3v) is 12.3. The van der Waals surface area contributed by atoms with Gasteiger partial charge in [0.2, 0.25) is 0 Å². The van der Waals surface area contributed by atoms with E-state index < -0.39 is 11.4 Å². The molecule has 0 saturated heterocycles. The predicted octanol–water partition coefficient (Wildman–Crippen LogP) is 7.24. The van der Waals surface area contributed by atoms with Gasteiger partial charge in [0, 0.05) is 28.9 Å². The largest absolute Gasteiger partial charge is 0.504 e. The standard InChI is InChI=1S/C36H42O7/c1-19-14-28-33(3,18-26(19)40)10-12-36(6)29-17-24(38)30-20(2)31(43-32(41)21-8-9-23(37)27(15-21)42-7)25(39)16-22(30)34(29,4)11-13-35(28,36)5/h8-9,15-17,19,28,37,39H,10-14,18H2,1-7H3/t19-,28-,33+,34+,35+,36-/m1/s1. The van der Waals surface area contributed by atoms with Crippen LogP contribution in [0.5, 0.6) is 23.0 Å². The number of benzene rings is 2. The minimum atomic E-state index is -0.742. The molecule has 4 aliphatic carbocycles. The third kappa shape index (κ3) is 3.95. The highest BCUT2D eigenvalue weighted by atomic mass is 16.5. The summed E-state index contributed by atoms with van der Waals surface area (Å²) in [6, 6.07) is 5.72. The lowest BCUT2D eigenvalue weighted by Crippen LogP contribution is -2.62. The quantitative estimate of drug-likeness (QED) is 0.288. The van der Waals surface area contributed by atoms with Crippen LogP contribution >= 0.6 is 0 Å². The number of rotatable bonds is 3. The number of aromatic hydroxyl groups is 2. The van der Waals surface area contributed by atoms with Gasteiger partial charge < -0.3 is 19.7 Å². The zero-order chi connectivity index (χ0) is 31.3. The normalized spacial score (nSPS) is 34.7. The zero-order valence-electron chi connectivity index (χ0n) is 26.2. The van der Waals surface area contributed by atoms with Gasteiger partial charge in [-0.25, -0.2) is 4.79 Å². The van der Waals surface area contributed by atoms with Crippen LogP contribution in [-0.2, 0) is 10.2 Å². The topological polar surface area (TPSA) is 110 Å². The van der Waals surface area contributed by atoms with Gasteiger partial charge >= 0.3 is 5.97 Å². The molecule has 3 saturated carbocycles. The van der Waals surface area contributed by atoms with Crippen molar-refractivity contribution in [3.05, 3.63) is 58.2 Å². The minimum Gasteiger partial charge on any atom is -0.504 e. The van der Waals surface area contributed by atoms with Gasteiger partial charge in [0.1, 0.15) is 5.78 Å². The van der Waals surface area contributed by atoms with Crippen LogP contribution < -0.4 is 9.47 Å². The molecule has 0 aliphatic heterocycles. The molecule has 6 atom stereocenters. The minimum absolute atomic E-state index is 0.0299. The molecule has 228 valence electrons. The Morgan fingerprint density at radius 1 is 0.977 bits per heavy atom. The van der Waals surface area contributed by atoms with Crippen LogP contribution in [0.1, 0.15) is 105 Å². The number of methoxy groups -OCH3 is 1. The van der Waals surface area contributed by atoms with E-state index in [9.17, 15) is 24.6 Å². The van der Waals surface area contributed by atoms with E-state index in [2.05, 4.69) is 34.6 Å². The molecule has 7 nitrogen and oxygen atoms in total. The maximum atomic E-state index is 14.0. The van der Waals surface area contributed by atoms with E-state index in [1.165, 1.54) is 25.3 Å². The Balaban J connectivity index is 1.40. The van der Waals surface area contributed by atoms with Crippen molar-refractivity contribution in [2.24, 2.45) is 28.1 Å². The van der Waals surface area contributed by atoms with Crippen molar-refractivity contribution < 1.29 is 34.1 Å². The summed E-state index contributed by atoms with van der Waals surface area (Å²) in [5.41, 5.74) is 2.10. The van der Waals surface area contributed by atoms with E-state index in [-0.39, 0.29) is 56.5 Å². The summed E-state index contributed by atoms with van der Waals surface area (Å²) in [4.78, 5) is 39.9. The SMILES string of the molecule is COc1cc(C(=O)Oc2c(O)cc3c(c2C)C(=O)C=C2[C@@]3(C)CC[C@@]3(C)[C@@H]4C[C@@H](C)C(=O)C[C@]4(C)CC[C@]23C)ccc1O. The fraction of sp³-hybridized carbons (Fsp3) is 0.528. The molecule has 4 aliphatic rings. The van der Waals surface area contributed by atoms with E-state index in [1.807, 2.05) is 6.08 Å². The van der Waals surface area contributed by atoms with Crippen molar-refractivity contribution >= 4 is 17.5 Å². The molecule has 0 amide bonds. The van der Waals surface area contributed by atoms with Crippen LogP contribution in [0.2, 0.25) is 0 Å². The highest BCUT2D eigenvalue weighted by molar-refractivity contribution is 6.10. The van der Waals surface area contributed by atoms with Crippen molar-refractivity contribution in [2.75, 3.05) is 7.11 Å². The number of carbonyl (C=O) groups is 3. The number of fused-ring (bicyclic) bond motifs is 7. The van der Waals surface area contributed by atoms with Crippen molar-refractivity contribution in [2.45, 2.75) is 85.5 Å². The molecule has 2 N–H and O–H groups in total. The summed E-state index contributed by atoms with van der Waals surface area (Å²) in [6.07, 6.45) is 6.96. The maximum Gasteiger partial charge on any atom is 0.343 e. The van der Waals surface area contributed by atoms with Crippen LogP contribution in [0.15, 0.2) is 35.9 Å².